The fourth-order valence-electron chi connectivity index (χ4n) is 1.93. The maximum Gasteiger partial charge on any atom is 0.0683 e. The molecule has 1 aromatic carbocycles. The van der Waals surface area contributed by atoms with Crippen molar-refractivity contribution < 1.29 is 0 Å². The van der Waals surface area contributed by atoms with E-state index in [9.17, 15) is 0 Å². The van der Waals surface area contributed by atoms with Crippen molar-refractivity contribution in [2.75, 3.05) is 7.05 Å². The lowest BCUT2D eigenvalue weighted by Crippen LogP contribution is -2.16. The van der Waals surface area contributed by atoms with E-state index in [2.05, 4.69) is 25.2 Å². The second-order valence-electron chi connectivity index (χ2n) is 4.28. The first-order chi connectivity index (χ1) is 8.52. The molecule has 0 saturated heterocycles. The first-order valence-corrected chi connectivity index (χ1v) is 7.29. The number of rotatable bonds is 3. The summed E-state index contributed by atoms with van der Waals surface area (Å²) in [6, 6.07) is 7.98. The van der Waals surface area contributed by atoms with Crippen LogP contribution in [-0.4, -0.2) is 7.05 Å². The quantitative estimate of drug-likeness (QED) is 0.843. The van der Waals surface area contributed by atoms with Gasteiger partial charge in [-0.1, -0.05) is 29.3 Å². The van der Waals surface area contributed by atoms with Gasteiger partial charge in [-0.15, -0.1) is 11.3 Å². The van der Waals surface area contributed by atoms with E-state index < -0.39 is 0 Å². The highest BCUT2D eigenvalue weighted by molar-refractivity contribution is 7.12. The van der Waals surface area contributed by atoms with Crippen molar-refractivity contribution >= 4 is 34.5 Å². The Morgan fingerprint density at radius 3 is 2.39 bits per heavy atom. The number of aryl methyl sites for hydroxylation is 2. The molecule has 4 heteroatoms. The summed E-state index contributed by atoms with van der Waals surface area (Å²) in [6.45, 7) is 4.27. The van der Waals surface area contributed by atoms with E-state index >= 15 is 0 Å². The molecule has 0 amide bonds. The zero-order valence-electron chi connectivity index (χ0n) is 10.6. The van der Waals surface area contributed by atoms with E-state index in [1.165, 1.54) is 15.3 Å². The van der Waals surface area contributed by atoms with Gasteiger partial charge in [0.25, 0.3) is 0 Å². The Morgan fingerprint density at radius 2 is 1.89 bits per heavy atom. The minimum Gasteiger partial charge on any atom is -0.309 e. The van der Waals surface area contributed by atoms with Crippen LogP contribution >= 0.6 is 34.5 Å². The molecule has 0 aliphatic rings. The standard InChI is InChI=1S/C14H15Cl2NS/c1-8-6-13(18-9(8)2)14(17-3)11-5-4-10(15)7-12(11)16/h4-7,14,17H,1-3H3. The highest BCUT2D eigenvalue weighted by Gasteiger charge is 2.18. The van der Waals surface area contributed by atoms with Crippen LogP contribution in [0.1, 0.15) is 26.9 Å². The number of nitrogens with one attached hydrogen (secondary N) is 1. The molecule has 2 rings (SSSR count). The van der Waals surface area contributed by atoms with Gasteiger partial charge in [-0.3, -0.25) is 0 Å². The third-order valence-corrected chi connectivity index (χ3v) is 4.81. The van der Waals surface area contributed by atoms with Crippen LogP contribution in [0.2, 0.25) is 10.0 Å². The lowest BCUT2D eigenvalue weighted by Gasteiger charge is -2.16. The molecular weight excluding hydrogens is 285 g/mol. The van der Waals surface area contributed by atoms with Crippen molar-refractivity contribution in [2.24, 2.45) is 0 Å². The third-order valence-electron chi connectivity index (χ3n) is 3.03. The predicted octanol–water partition coefficient (Wildman–Crippen LogP) is 4.98. The maximum absolute atomic E-state index is 6.28. The van der Waals surface area contributed by atoms with Gasteiger partial charge in [0.05, 0.1) is 6.04 Å². The van der Waals surface area contributed by atoms with E-state index in [1.54, 1.807) is 17.4 Å². The van der Waals surface area contributed by atoms with Crippen molar-refractivity contribution in [3.05, 3.63) is 55.2 Å². The van der Waals surface area contributed by atoms with Gasteiger partial charge in [-0.05, 0) is 50.2 Å². The first kappa shape index (κ1) is 13.9. The summed E-state index contributed by atoms with van der Waals surface area (Å²) in [5.74, 6) is 0. The number of benzene rings is 1. The Morgan fingerprint density at radius 1 is 1.17 bits per heavy atom. The average Bonchev–Trinajstić information content (AvgIpc) is 2.63. The minimum atomic E-state index is 0.118. The highest BCUT2D eigenvalue weighted by Crippen LogP contribution is 2.34. The summed E-state index contributed by atoms with van der Waals surface area (Å²) >= 11 is 14.0. The molecule has 0 bridgehead atoms. The third kappa shape index (κ3) is 2.72. The average molecular weight is 300 g/mol. The zero-order valence-corrected chi connectivity index (χ0v) is 12.9. The van der Waals surface area contributed by atoms with Gasteiger partial charge < -0.3 is 5.32 Å². The monoisotopic (exact) mass is 299 g/mol. The van der Waals surface area contributed by atoms with Crippen LogP contribution in [0.3, 0.4) is 0 Å². The second kappa shape index (κ2) is 5.62. The van der Waals surface area contributed by atoms with E-state index in [4.69, 9.17) is 23.2 Å². The molecule has 96 valence electrons. The summed E-state index contributed by atoms with van der Waals surface area (Å²) < 4.78 is 0. The van der Waals surface area contributed by atoms with Gasteiger partial charge in [-0.2, -0.15) is 0 Å². The van der Waals surface area contributed by atoms with E-state index in [0.717, 1.165) is 5.56 Å². The molecule has 1 atom stereocenters. The van der Waals surface area contributed by atoms with Crippen LogP contribution in [0, 0.1) is 13.8 Å². The lowest BCUT2D eigenvalue weighted by atomic mass is 10.0. The zero-order chi connectivity index (χ0) is 13.3. The topological polar surface area (TPSA) is 12.0 Å². The summed E-state index contributed by atoms with van der Waals surface area (Å²) in [5.41, 5.74) is 2.38. The molecule has 0 spiro atoms. The van der Waals surface area contributed by atoms with Crippen LogP contribution in [0.15, 0.2) is 24.3 Å². The fraction of sp³-hybridized carbons (Fsp3) is 0.286. The lowest BCUT2D eigenvalue weighted by molar-refractivity contribution is 0.704. The minimum absolute atomic E-state index is 0.118. The van der Waals surface area contributed by atoms with Crippen molar-refractivity contribution in [3.8, 4) is 0 Å². The molecule has 18 heavy (non-hydrogen) atoms. The fourth-order valence-corrected chi connectivity index (χ4v) is 3.62. The van der Waals surface area contributed by atoms with Gasteiger partial charge in [-0.25, -0.2) is 0 Å². The molecular formula is C14H15Cl2NS. The Kier molecular flexibility index (Phi) is 4.33. The highest BCUT2D eigenvalue weighted by atomic mass is 35.5. The number of hydrogen-bond acceptors (Lipinski definition) is 2. The van der Waals surface area contributed by atoms with Crippen molar-refractivity contribution in [1.82, 2.24) is 5.32 Å². The summed E-state index contributed by atoms with van der Waals surface area (Å²) in [5, 5.41) is 4.68. The van der Waals surface area contributed by atoms with Crippen LogP contribution in [0.25, 0.3) is 0 Å². The molecule has 0 radical (unpaired) electrons. The molecule has 0 aliphatic carbocycles. The largest absolute Gasteiger partial charge is 0.309 e. The van der Waals surface area contributed by atoms with Crippen molar-refractivity contribution in [2.45, 2.75) is 19.9 Å². The molecule has 1 N–H and O–H groups in total. The van der Waals surface area contributed by atoms with Crippen LogP contribution in [0.4, 0.5) is 0 Å². The molecule has 2 aromatic rings. The van der Waals surface area contributed by atoms with Gasteiger partial charge in [0, 0.05) is 19.8 Å². The van der Waals surface area contributed by atoms with Crippen molar-refractivity contribution in [1.29, 1.82) is 0 Å². The molecule has 1 aromatic heterocycles. The van der Waals surface area contributed by atoms with E-state index in [0.29, 0.717) is 10.0 Å². The first-order valence-electron chi connectivity index (χ1n) is 5.72. The Hall–Kier alpha value is -0.540. The van der Waals surface area contributed by atoms with Gasteiger partial charge in [0.2, 0.25) is 0 Å². The number of hydrogen-bond donors (Lipinski definition) is 1. The maximum atomic E-state index is 6.28. The summed E-state index contributed by atoms with van der Waals surface area (Å²) in [6.07, 6.45) is 0. The molecule has 1 nitrogen and oxygen atoms in total. The molecule has 1 heterocycles. The molecule has 0 fully saturated rings. The van der Waals surface area contributed by atoms with Crippen molar-refractivity contribution in [3.63, 3.8) is 0 Å². The molecule has 1 unspecified atom stereocenters. The Balaban J connectivity index is 2.45. The molecule has 0 aliphatic heterocycles. The smallest absolute Gasteiger partial charge is 0.0683 e. The Bertz CT molecular complexity index is 543. The second-order valence-corrected chi connectivity index (χ2v) is 6.41. The number of halogens is 2. The van der Waals surface area contributed by atoms with E-state index in [-0.39, 0.29) is 6.04 Å². The predicted molar refractivity (Wildman–Crippen MR) is 81.2 cm³/mol. The van der Waals surface area contributed by atoms with Crippen LogP contribution in [-0.2, 0) is 0 Å². The Labute approximate surface area is 122 Å². The number of thiophene rings is 1. The summed E-state index contributed by atoms with van der Waals surface area (Å²) in [4.78, 5) is 2.62. The summed E-state index contributed by atoms with van der Waals surface area (Å²) in [7, 11) is 1.94. The van der Waals surface area contributed by atoms with Crippen LogP contribution in [0.5, 0.6) is 0 Å². The van der Waals surface area contributed by atoms with Crippen LogP contribution < -0.4 is 5.32 Å². The SMILES string of the molecule is CNC(c1cc(C)c(C)s1)c1ccc(Cl)cc1Cl. The molecule has 0 saturated carbocycles. The van der Waals surface area contributed by atoms with E-state index in [1.807, 2.05) is 19.2 Å². The van der Waals surface area contributed by atoms with Gasteiger partial charge in [0.1, 0.15) is 0 Å². The normalized spacial score (nSPS) is 12.7. The van der Waals surface area contributed by atoms with Gasteiger partial charge >= 0.3 is 0 Å². The van der Waals surface area contributed by atoms with Gasteiger partial charge in [0.15, 0.2) is 0 Å².